The smallest absolute Gasteiger partial charge is 0.253 e. The zero-order valence-electron chi connectivity index (χ0n) is 11.1. The van der Waals surface area contributed by atoms with Crippen LogP contribution in [0.1, 0.15) is 37.0 Å². The quantitative estimate of drug-likeness (QED) is 0.810. The second-order valence-electron chi connectivity index (χ2n) is 5.42. The number of thiol groups is 1. The van der Waals surface area contributed by atoms with E-state index in [1.165, 1.54) is 0 Å². The molecule has 0 unspecified atom stereocenters. The maximum atomic E-state index is 12.3. The zero-order chi connectivity index (χ0) is 13.1. The Morgan fingerprint density at radius 2 is 2.00 bits per heavy atom. The van der Waals surface area contributed by atoms with Crippen LogP contribution in [0, 0.1) is 11.8 Å². The van der Waals surface area contributed by atoms with Crippen molar-refractivity contribution in [3.63, 3.8) is 0 Å². The fraction of sp³-hybridized carbons (Fsp3) is 0.533. The van der Waals surface area contributed by atoms with Crippen LogP contribution in [0.4, 0.5) is 0 Å². The van der Waals surface area contributed by atoms with Gasteiger partial charge in [-0.2, -0.15) is 0 Å². The van der Waals surface area contributed by atoms with Crippen LogP contribution in [0.3, 0.4) is 0 Å². The fourth-order valence-corrected chi connectivity index (χ4v) is 2.82. The summed E-state index contributed by atoms with van der Waals surface area (Å²) in [4.78, 5) is 15.1. The first-order chi connectivity index (χ1) is 8.58. The number of hydrogen-bond donors (Lipinski definition) is 1. The van der Waals surface area contributed by atoms with Crippen molar-refractivity contribution < 1.29 is 4.79 Å². The predicted octanol–water partition coefficient (Wildman–Crippen LogP) is 3.48. The molecule has 1 heterocycles. The molecule has 1 aromatic carbocycles. The van der Waals surface area contributed by atoms with Crippen LogP contribution < -0.4 is 0 Å². The number of piperidine rings is 1. The van der Waals surface area contributed by atoms with Gasteiger partial charge in [0.2, 0.25) is 0 Å². The molecule has 1 aliphatic rings. The highest BCUT2D eigenvalue weighted by molar-refractivity contribution is 7.80. The van der Waals surface area contributed by atoms with Gasteiger partial charge in [0.25, 0.3) is 5.91 Å². The van der Waals surface area contributed by atoms with E-state index in [9.17, 15) is 4.79 Å². The molecule has 1 saturated heterocycles. The second-order valence-corrected chi connectivity index (χ2v) is 5.94. The molecule has 0 spiro atoms. The van der Waals surface area contributed by atoms with Gasteiger partial charge in [0.1, 0.15) is 0 Å². The van der Waals surface area contributed by atoms with Crippen LogP contribution in [0.15, 0.2) is 29.2 Å². The summed E-state index contributed by atoms with van der Waals surface area (Å²) in [5.74, 6) is 1.64. The lowest BCUT2D eigenvalue weighted by molar-refractivity contribution is 0.0667. The number of likely N-dealkylation sites (tertiary alicyclic amines) is 1. The number of carbonyl (C=O) groups excluding carboxylic acids is 1. The maximum absolute atomic E-state index is 12.3. The third kappa shape index (κ3) is 3.08. The van der Waals surface area contributed by atoms with Gasteiger partial charge >= 0.3 is 0 Å². The van der Waals surface area contributed by atoms with E-state index >= 15 is 0 Å². The van der Waals surface area contributed by atoms with Gasteiger partial charge in [-0.15, -0.1) is 12.6 Å². The highest BCUT2D eigenvalue weighted by Gasteiger charge is 2.25. The Bertz CT molecular complexity index is 422. The summed E-state index contributed by atoms with van der Waals surface area (Å²) >= 11 is 4.28. The monoisotopic (exact) mass is 263 g/mol. The van der Waals surface area contributed by atoms with E-state index in [1.807, 2.05) is 29.2 Å². The van der Waals surface area contributed by atoms with Crippen molar-refractivity contribution in [2.75, 3.05) is 13.1 Å². The molecule has 1 amide bonds. The molecule has 0 aliphatic carbocycles. The molecule has 98 valence electrons. The molecule has 2 nitrogen and oxygen atoms in total. The predicted molar refractivity (Wildman–Crippen MR) is 77.2 cm³/mol. The first-order valence-corrected chi connectivity index (χ1v) is 7.11. The average Bonchev–Trinajstić information content (AvgIpc) is 2.38. The van der Waals surface area contributed by atoms with E-state index in [2.05, 4.69) is 26.5 Å². The molecule has 3 heteroatoms. The Hall–Kier alpha value is -0.960. The van der Waals surface area contributed by atoms with Crippen LogP contribution >= 0.6 is 12.6 Å². The topological polar surface area (TPSA) is 20.3 Å². The summed E-state index contributed by atoms with van der Waals surface area (Å²) in [6.07, 6.45) is 2.26. The summed E-state index contributed by atoms with van der Waals surface area (Å²) in [6, 6.07) is 7.50. The first kappa shape index (κ1) is 13.5. The Kier molecular flexibility index (Phi) is 4.33. The van der Waals surface area contributed by atoms with Gasteiger partial charge in [-0.05, 0) is 42.9 Å². The lowest BCUT2D eigenvalue weighted by atomic mass is 9.86. The van der Waals surface area contributed by atoms with E-state index in [0.717, 1.165) is 48.2 Å². The molecular formula is C15H21NOS. The van der Waals surface area contributed by atoms with Gasteiger partial charge in [-0.25, -0.2) is 0 Å². The van der Waals surface area contributed by atoms with Gasteiger partial charge < -0.3 is 4.90 Å². The third-order valence-corrected chi connectivity index (χ3v) is 4.14. The molecule has 1 aliphatic heterocycles. The Morgan fingerprint density at radius 1 is 1.33 bits per heavy atom. The highest BCUT2D eigenvalue weighted by Crippen LogP contribution is 2.25. The summed E-state index contributed by atoms with van der Waals surface area (Å²) < 4.78 is 0. The molecule has 0 N–H and O–H groups in total. The molecule has 0 atom stereocenters. The normalized spacial score (nSPS) is 17.2. The Balaban J connectivity index is 1.99. The largest absolute Gasteiger partial charge is 0.339 e. The molecule has 0 radical (unpaired) electrons. The van der Waals surface area contributed by atoms with Crippen molar-refractivity contribution in [1.29, 1.82) is 0 Å². The van der Waals surface area contributed by atoms with Crippen molar-refractivity contribution in [2.24, 2.45) is 11.8 Å². The van der Waals surface area contributed by atoms with Crippen LogP contribution in [0.5, 0.6) is 0 Å². The lowest BCUT2D eigenvalue weighted by Crippen LogP contribution is -2.39. The van der Waals surface area contributed by atoms with Gasteiger partial charge in [0, 0.05) is 23.5 Å². The first-order valence-electron chi connectivity index (χ1n) is 6.66. The summed E-state index contributed by atoms with van der Waals surface area (Å²) in [7, 11) is 0. The minimum atomic E-state index is 0.146. The molecule has 1 aromatic rings. The molecule has 0 bridgehead atoms. The van der Waals surface area contributed by atoms with E-state index in [-0.39, 0.29) is 5.91 Å². The maximum Gasteiger partial charge on any atom is 0.253 e. The average molecular weight is 263 g/mol. The Labute approximate surface area is 115 Å². The summed E-state index contributed by atoms with van der Waals surface area (Å²) in [5, 5.41) is 0. The summed E-state index contributed by atoms with van der Waals surface area (Å²) in [5.41, 5.74) is 0.755. The number of hydrogen-bond acceptors (Lipinski definition) is 2. The zero-order valence-corrected chi connectivity index (χ0v) is 12.0. The number of benzene rings is 1. The lowest BCUT2D eigenvalue weighted by Gasteiger charge is -2.34. The minimum absolute atomic E-state index is 0.146. The molecule has 0 aromatic heterocycles. The number of carbonyl (C=O) groups is 1. The molecule has 18 heavy (non-hydrogen) atoms. The standard InChI is InChI=1S/C15H21NOS/c1-11(2)12-6-8-16(9-7-12)15(17)13-4-3-5-14(18)10-13/h3-5,10-12,18H,6-9H2,1-2H3. The van der Waals surface area contributed by atoms with Gasteiger partial charge in [0.15, 0.2) is 0 Å². The summed E-state index contributed by atoms with van der Waals surface area (Å²) in [6.45, 7) is 6.32. The van der Waals surface area contributed by atoms with Crippen LogP contribution in [0.25, 0.3) is 0 Å². The van der Waals surface area contributed by atoms with Gasteiger partial charge in [-0.1, -0.05) is 19.9 Å². The van der Waals surface area contributed by atoms with Crippen molar-refractivity contribution in [1.82, 2.24) is 4.90 Å². The molecule has 2 rings (SSSR count). The molecule has 0 saturated carbocycles. The van der Waals surface area contributed by atoms with Gasteiger partial charge in [0.05, 0.1) is 0 Å². The van der Waals surface area contributed by atoms with Crippen LogP contribution in [0.2, 0.25) is 0 Å². The SMILES string of the molecule is CC(C)C1CCN(C(=O)c2cccc(S)c2)CC1. The molecular weight excluding hydrogens is 242 g/mol. The number of amides is 1. The van der Waals surface area contributed by atoms with Crippen LogP contribution in [-0.4, -0.2) is 23.9 Å². The minimum Gasteiger partial charge on any atom is -0.339 e. The van der Waals surface area contributed by atoms with Crippen LogP contribution in [-0.2, 0) is 0 Å². The number of rotatable bonds is 2. The highest BCUT2D eigenvalue weighted by atomic mass is 32.1. The van der Waals surface area contributed by atoms with Crippen molar-refractivity contribution in [2.45, 2.75) is 31.6 Å². The van der Waals surface area contributed by atoms with E-state index < -0.39 is 0 Å². The van der Waals surface area contributed by atoms with Crippen molar-refractivity contribution in [3.05, 3.63) is 29.8 Å². The van der Waals surface area contributed by atoms with Gasteiger partial charge in [-0.3, -0.25) is 4.79 Å². The Morgan fingerprint density at radius 3 is 2.56 bits per heavy atom. The van der Waals surface area contributed by atoms with E-state index in [1.54, 1.807) is 0 Å². The van der Waals surface area contributed by atoms with Crippen molar-refractivity contribution >= 4 is 18.5 Å². The van der Waals surface area contributed by atoms with E-state index in [0.29, 0.717) is 0 Å². The number of nitrogens with zero attached hydrogens (tertiary/aromatic N) is 1. The van der Waals surface area contributed by atoms with E-state index in [4.69, 9.17) is 0 Å². The third-order valence-electron chi connectivity index (χ3n) is 3.86. The fourth-order valence-electron chi connectivity index (χ4n) is 2.59. The van der Waals surface area contributed by atoms with Crippen molar-refractivity contribution in [3.8, 4) is 0 Å². The second kappa shape index (κ2) is 5.79. The molecule has 1 fully saturated rings.